The van der Waals surface area contributed by atoms with E-state index in [2.05, 4.69) is 24.1 Å². The van der Waals surface area contributed by atoms with E-state index in [0.29, 0.717) is 41.0 Å². The van der Waals surface area contributed by atoms with Crippen LogP contribution in [-0.2, 0) is 11.3 Å². The van der Waals surface area contributed by atoms with Gasteiger partial charge in [-0.05, 0) is 37.5 Å². The first-order valence-corrected chi connectivity index (χ1v) is 13.2. The molecule has 0 aliphatic carbocycles. The first-order valence-electron chi connectivity index (χ1n) is 11.4. The minimum absolute atomic E-state index is 0.0712. The summed E-state index contributed by atoms with van der Waals surface area (Å²) >= 11 is 2.62. The molecular weight excluding hydrogens is 468 g/mol. The zero-order valence-corrected chi connectivity index (χ0v) is 21.2. The Balaban J connectivity index is 1.72. The van der Waals surface area contributed by atoms with Crippen molar-refractivity contribution in [1.29, 1.82) is 0 Å². The molecule has 0 aliphatic heterocycles. The second-order valence-electron chi connectivity index (χ2n) is 8.28. The maximum atomic E-state index is 13.6. The van der Waals surface area contributed by atoms with Crippen LogP contribution < -0.4 is 15.6 Å². The number of ether oxygens (including phenoxy) is 1. The van der Waals surface area contributed by atoms with E-state index < -0.39 is 0 Å². The Morgan fingerprint density at radius 3 is 2.85 bits per heavy atom. The third-order valence-electron chi connectivity index (χ3n) is 5.29. The number of fused-ring (bicyclic) bond motifs is 3. The number of nitrogens with zero attached hydrogens (tertiary/aromatic N) is 3. The minimum Gasteiger partial charge on any atom is -0.494 e. The number of aromatic nitrogens is 3. The first kappa shape index (κ1) is 24.2. The molecule has 4 aromatic rings. The number of carbonyl (C=O) groups is 1. The molecule has 9 heteroatoms. The second kappa shape index (κ2) is 11.0. The number of pyridine rings is 1. The van der Waals surface area contributed by atoms with Gasteiger partial charge in [0.2, 0.25) is 5.91 Å². The Morgan fingerprint density at radius 1 is 1.24 bits per heavy atom. The van der Waals surface area contributed by atoms with Crippen molar-refractivity contribution in [3.05, 3.63) is 58.5 Å². The number of para-hydroxylation sites is 1. The van der Waals surface area contributed by atoms with E-state index in [1.54, 1.807) is 10.8 Å². The van der Waals surface area contributed by atoms with Crippen LogP contribution in [0.1, 0.15) is 32.8 Å². The van der Waals surface area contributed by atoms with Gasteiger partial charge in [0.25, 0.3) is 5.56 Å². The molecule has 4 rings (SSSR count). The standard InChI is InChI=1S/C25H28N4O3S2/c1-4-32-19-10-6-5-8-17(19)14-29-24(31)22-21(18-9-7-12-27-23(18)34-22)28-25(29)33-15-20(30)26-13-11-16(2)3/h5-10,12,16H,4,11,13-15H2,1-3H3,(H,26,30). The Kier molecular flexibility index (Phi) is 7.84. The van der Waals surface area contributed by atoms with Gasteiger partial charge in [0.1, 0.15) is 15.3 Å². The average molecular weight is 497 g/mol. The van der Waals surface area contributed by atoms with Crippen molar-refractivity contribution in [2.75, 3.05) is 18.9 Å². The number of thiophene rings is 1. The van der Waals surface area contributed by atoms with E-state index in [1.165, 1.54) is 23.1 Å². The van der Waals surface area contributed by atoms with Gasteiger partial charge in [0.05, 0.1) is 24.4 Å². The zero-order chi connectivity index (χ0) is 24.1. The van der Waals surface area contributed by atoms with E-state index in [9.17, 15) is 9.59 Å². The first-order chi connectivity index (χ1) is 16.5. The van der Waals surface area contributed by atoms with Crippen LogP contribution in [0.3, 0.4) is 0 Å². The third kappa shape index (κ3) is 5.42. The summed E-state index contributed by atoms with van der Waals surface area (Å²) in [6.45, 7) is 7.65. The normalized spacial score (nSPS) is 11.4. The topological polar surface area (TPSA) is 86.1 Å². The molecule has 3 heterocycles. The van der Waals surface area contributed by atoms with Crippen molar-refractivity contribution in [2.45, 2.75) is 38.9 Å². The summed E-state index contributed by atoms with van der Waals surface area (Å²) in [5.41, 5.74) is 1.38. The zero-order valence-electron chi connectivity index (χ0n) is 19.5. The Bertz CT molecular complexity index is 1360. The molecule has 0 fully saturated rings. The van der Waals surface area contributed by atoms with Crippen LogP contribution in [0, 0.1) is 5.92 Å². The van der Waals surface area contributed by atoms with Gasteiger partial charge < -0.3 is 10.1 Å². The molecular formula is C25H28N4O3S2. The predicted octanol–water partition coefficient (Wildman–Crippen LogP) is 4.71. The summed E-state index contributed by atoms with van der Waals surface area (Å²) in [6, 6.07) is 11.4. The molecule has 0 atom stereocenters. The summed E-state index contributed by atoms with van der Waals surface area (Å²) < 4.78 is 7.98. The summed E-state index contributed by atoms with van der Waals surface area (Å²) in [5, 5.41) is 4.31. The highest BCUT2D eigenvalue weighted by Crippen LogP contribution is 2.31. The number of rotatable bonds is 10. The van der Waals surface area contributed by atoms with Crippen LogP contribution in [0.15, 0.2) is 52.5 Å². The number of carbonyl (C=O) groups excluding carboxylic acids is 1. The molecule has 0 radical (unpaired) electrons. The second-order valence-corrected chi connectivity index (χ2v) is 10.2. The van der Waals surface area contributed by atoms with Crippen molar-refractivity contribution >= 4 is 49.4 Å². The predicted molar refractivity (Wildman–Crippen MR) is 139 cm³/mol. The molecule has 34 heavy (non-hydrogen) atoms. The van der Waals surface area contributed by atoms with Crippen LogP contribution in [0.5, 0.6) is 5.75 Å². The number of benzene rings is 1. The SMILES string of the molecule is CCOc1ccccc1Cn1c(SCC(=O)NCCC(C)C)nc2c(sc3ncccc32)c1=O. The van der Waals surface area contributed by atoms with Crippen LogP contribution in [0.4, 0.5) is 0 Å². The molecule has 1 aromatic carbocycles. The van der Waals surface area contributed by atoms with Crippen molar-refractivity contribution in [2.24, 2.45) is 5.92 Å². The van der Waals surface area contributed by atoms with E-state index in [-0.39, 0.29) is 17.2 Å². The molecule has 0 unspecified atom stereocenters. The lowest BCUT2D eigenvalue weighted by atomic mass is 10.1. The van der Waals surface area contributed by atoms with Crippen molar-refractivity contribution in [1.82, 2.24) is 19.9 Å². The van der Waals surface area contributed by atoms with E-state index in [1.807, 2.05) is 43.3 Å². The van der Waals surface area contributed by atoms with Gasteiger partial charge in [0.15, 0.2) is 5.16 Å². The number of hydrogen-bond donors (Lipinski definition) is 1. The third-order valence-corrected chi connectivity index (χ3v) is 7.36. The van der Waals surface area contributed by atoms with Crippen LogP contribution in [0.25, 0.3) is 20.4 Å². The summed E-state index contributed by atoms with van der Waals surface area (Å²) in [5.74, 6) is 1.37. The summed E-state index contributed by atoms with van der Waals surface area (Å²) in [6.07, 6.45) is 2.64. The molecule has 178 valence electrons. The molecule has 1 amide bonds. The minimum atomic E-state index is -0.137. The smallest absolute Gasteiger partial charge is 0.272 e. The van der Waals surface area contributed by atoms with Crippen molar-refractivity contribution < 1.29 is 9.53 Å². The highest BCUT2D eigenvalue weighted by Gasteiger charge is 2.19. The van der Waals surface area contributed by atoms with Gasteiger partial charge in [-0.3, -0.25) is 14.2 Å². The summed E-state index contributed by atoms with van der Waals surface area (Å²) in [4.78, 5) is 36.1. The Morgan fingerprint density at radius 2 is 2.06 bits per heavy atom. The van der Waals surface area contributed by atoms with Crippen LogP contribution >= 0.6 is 23.1 Å². The maximum Gasteiger partial charge on any atom is 0.272 e. The van der Waals surface area contributed by atoms with Gasteiger partial charge >= 0.3 is 0 Å². The lowest BCUT2D eigenvalue weighted by molar-refractivity contribution is -0.118. The highest BCUT2D eigenvalue weighted by molar-refractivity contribution is 7.99. The fourth-order valence-electron chi connectivity index (χ4n) is 3.57. The van der Waals surface area contributed by atoms with E-state index in [0.717, 1.165) is 28.0 Å². The molecule has 0 spiro atoms. The maximum absolute atomic E-state index is 13.6. The van der Waals surface area contributed by atoms with Gasteiger partial charge in [-0.15, -0.1) is 11.3 Å². The molecule has 3 aromatic heterocycles. The van der Waals surface area contributed by atoms with E-state index in [4.69, 9.17) is 9.72 Å². The molecule has 1 N–H and O–H groups in total. The monoisotopic (exact) mass is 496 g/mol. The lowest BCUT2D eigenvalue weighted by Gasteiger charge is -2.15. The number of thioether (sulfide) groups is 1. The quantitative estimate of drug-likeness (QED) is 0.253. The molecule has 0 saturated heterocycles. The molecule has 0 aliphatic rings. The molecule has 0 bridgehead atoms. The number of hydrogen-bond acceptors (Lipinski definition) is 7. The van der Waals surface area contributed by atoms with Crippen molar-refractivity contribution in [3.63, 3.8) is 0 Å². The van der Waals surface area contributed by atoms with Gasteiger partial charge in [-0.25, -0.2) is 9.97 Å². The van der Waals surface area contributed by atoms with Gasteiger partial charge in [0, 0.05) is 23.7 Å². The fraction of sp³-hybridized carbons (Fsp3) is 0.360. The number of nitrogens with one attached hydrogen (secondary N) is 1. The van der Waals surface area contributed by atoms with Crippen molar-refractivity contribution in [3.8, 4) is 5.75 Å². The fourth-order valence-corrected chi connectivity index (χ4v) is 5.43. The molecule has 0 saturated carbocycles. The van der Waals surface area contributed by atoms with E-state index >= 15 is 0 Å². The largest absolute Gasteiger partial charge is 0.494 e. The van der Waals surface area contributed by atoms with Crippen LogP contribution in [-0.4, -0.2) is 39.3 Å². The Labute approximate surface area is 206 Å². The lowest BCUT2D eigenvalue weighted by Crippen LogP contribution is -2.28. The average Bonchev–Trinajstić information content (AvgIpc) is 3.20. The Hall–Kier alpha value is -2.91. The highest BCUT2D eigenvalue weighted by atomic mass is 32.2. The van der Waals surface area contributed by atoms with Gasteiger partial charge in [-0.1, -0.05) is 43.8 Å². The van der Waals surface area contributed by atoms with Crippen LogP contribution in [0.2, 0.25) is 0 Å². The number of amides is 1. The summed E-state index contributed by atoms with van der Waals surface area (Å²) in [7, 11) is 0. The molecule has 7 nitrogen and oxygen atoms in total. The van der Waals surface area contributed by atoms with Gasteiger partial charge in [-0.2, -0.15) is 0 Å².